The number of hydrogen-bond acceptors (Lipinski definition) is 3. The number of nitrogens with one attached hydrogen (secondary N) is 1. The van der Waals surface area contributed by atoms with E-state index in [0.29, 0.717) is 6.54 Å². The Kier molecular flexibility index (Phi) is 2.57. The summed E-state index contributed by atoms with van der Waals surface area (Å²) in [5.41, 5.74) is 11.6. The number of pyridine rings is 1. The van der Waals surface area contributed by atoms with Crippen molar-refractivity contribution in [3.63, 3.8) is 0 Å². The molecule has 0 aliphatic carbocycles. The zero-order chi connectivity index (χ0) is 12.5. The largest absolute Gasteiger partial charge is 0.344 e. The first-order chi connectivity index (χ1) is 8.79. The van der Waals surface area contributed by atoms with Crippen LogP contribution >= 0.6 is 0 Å². The van der Waals surface area contributed by atoms with Crippen LogP contribution in [0.1, 0.15) is 11.3 Å². The fourth-order valence-corrected chi connectivity index (χ4v) is 2.13. The van der Waals surface area contributed by atoms with Crippen LogP contribution in [-0.2, 0) is 6.54 Å². The number of aryl methyl sites for hydroxylation is 1. The highest BCUT2D eigenvalue weighted by atomic mass is 14.9. The van der Waals surface area contributed by atoms with Gasteiger partial charge in [0.05, 0.1) is 23.2 Å². The maximum atomic E-state index is 5.70. The van der Waals surface area contributed by atoms with E-state index >= 15 is 0 Å². The molecule has 0 spiro atoms. The van der Waals surface area contributed by atoms with Crippen LogP contribution in [0, 0.1) is 6.92 Å². The Morgan fingerprint density at radius 1 is 1.28 bits per heavy atom. The zero-order valence-corrected chi connectivity index (χ0v) is 10.1. The number of fused-ring (bicyclic) bond motifs is 1. The van der Waals surface area contributed by atoms with Gasteiger partial charge in [0, 0.05) is 12.1 Å². The van der Waals surface area contributed by atoms with Crippen molar-refractivity contribution in [3.8, 4) is 11.3 Å². The Morgan fingerprint density at radius 3 is 2.89 bits per heavy atom. The maximum Gasteiger partial charge on any atom is 0.115 e. The fraction of sp³-hybridized carbons (Fsp3) is 0.143. The number of benzene rings is 1. The molecule has 1 aromatic carbocycles. The van der Waals surface area contributed by atoms with Crippen molar-refractivity contribution in [3.05, 3.63) is 47.9 Å². The van der Waals surface area contributed by atoms with Gasteiger partial charge in [0.25, 0.3) is 0 Å². The number of nitrogens with two attached hydrogens (primary N) is 1. The van der Waals surface area contributed by atoms with Crippen molar-refractivity contribution < 1.29 is 0 Å². The topological polar surface area (TPSA) is 67.6 Å². The monoisotopic (exact) mass is 238 g/mol. The summed E-state index contributed by atoms with van der Waals surface area (Å²) < 4.78 is 0. The highest BCUT2D eigenvalue weighted by Gasteiger charge is 2.11. The number of aromatic amines is 1. The van der Waals surface area contributed by atoms with Crippen LogP contribution in [0.5, 0.6) is 0 Å². The zero-order valence-electron chi connectivity index (χ0n) is 10.1. The summed E-state index contributed by atoms with van der Waals surface area (Å²) in [7, 11) is 0. The third-order valence-electron chi connectivity index (χ3n) is 3.07. The third-order valence-corrected chi connectivity index (χ3v) is 3.07. The van der Waals surface area contributed by atoms with Crippen LogP contribution in [0.2, 0.25) is 0 Å². The van der Waals surface area contributed by atoms with Crippen molar-refractivity contribution >= 4 is 11.0 Å². The number of imidazole rings is 1. The van der Waals surface area contributed by atoms with Crippen LogP contribution in [0.4, 0.5) is 0 Å². The van der Waals surface area contributed by atoms with Gasteiger partial charge in [-0.05, 0) is 18.6 Å². The van der Waals surface area contributed by atoms with Gasteiger partial charge in [-0.2, -0.15) is 0 Å². The first-order valence-corrected chi connectivity index (χ1v) is 5.88. The molecule has 18 heavy (non-hydrogen) atoms. The molecule has 0 saturated heterocycles. The summed E-state index contributed by atoms with van der Waals surface area (Å²) in [5, 5.41) is 0. The summed E-state index contributed by atoms with van der Waals surface area (Å²) in [6.07, 6.45) is 1.69. The summed E-state index contributed by atoms with van der Waals surface area (Å²) in [6.45, 7) is 2.50. The van der Waals surface area contributed by atoms with E-state index in [0.717, 1.165) is 28.0 Å². The molecule has 4 nitrogen and oxygen atoms in total. The smallest absolute Gasteiger partial charge is 0.115 e. The van der Waals surface area contributed by atoms with Crippen molar-refractivity contribution in [1.82, 2.24) is 15.0 Å². The van der Waals surface area contributed by atoms with Crippen molar-refractivity contribution in [1.29, 1.82) is 0 Å². The minimum atomic E-state index is 0.424. The second-order valence-corrected chi connectivity index (χ2v) is 4.28. The molecule has 0 aliphatic heterocycles. The van der Waals surface area contributed by atoms with Crippen LogP contribution in [0.25, 0.3) is 22.3 Å². The average molecular weight is 238 g/mol. The highest BCUT2D eigenvalue weighted by Crippen LogP contribution is 2.27. The molecule has 0 radical (unpaired) electrons. The molecule has 3 N–H and O–H groups in total. The lowest BCUT2D eigenvalue weighted by atomic mass is 10.0. The summed E-state index contributed by atoms with van der Waals surface area (Å²) >= 11 is 0. The van der Waals surface area contributed by atoms with Gasteiger partial charge in [0.1, 0.15) is 5.52 Å². The molecule has 0 atom stereocenters. The highest BCUT2D eigenvalue weighted by molar-refractivity contribution is 5.90. The first kappa shape index (κ1) is 10.9. The van der Waals surface area contributed by atoms with Gasteiger partial charge in [0.15, 0.2) is 0 Å². The normalized spacial score (nSPS) is 11.0. The van der Waals surface area contributed by atoms with Crippen LogP contribution in [0.15, 0.2) is 36.7 Å². The van der Waals surface area contributed by atoms with E-state index in [1.807, 2.05) is 18.2 Å². The summed E-state index contributed by atoms with van der Waals surface area (Å²) in [4.78, 5) is 12.1. The van der Waals surface area contributed by atoms with Crippen molar-refractivity contribution in [2.75, 3.05) is 0 Å². The Morgan fingerprint density at radius 2 is 2.11 bits per heavy atom. The molecule has 3 rings (SSSR count). The lowest BCUT2D eigenvalue weighted by Gasteiger charge is -2.07. The quantitative estimate of drug-likeness (QED) is 0.720. The Bertz CT molecular complexity index is 700. The molecule has 0 aliphatic rings. The van der Waals surface area contributed by atoms with E-state index in [4.69, 9.17) is 5.73 Å². The first-order valence-electron chi connectivity index (χ1n) is 5.88. The second kappa shape index (κ2) is 4.23. The van der Waals surface area contributed by atoms with Gasteiger partial charge < -0.3 is 10.7 Å². The van der Waals surface area contributed by atoms with Gasteiger partial charge in [-0.15, -0.1) is 0 Å². The van der Waals surface area contributed by atoms with Gasteiger partial charge in [-0.25, -0.2) is 9.97 Å². The predicted molar refractivity (Wildman–Crippen MR) is 72.0 cm³/mol. The summed E-state index contributed by atoms with van der Waals surface area (Å²) in [6, 6.07) is 10.1. The molecule has 4 heteroatoms. The molecule has 0 unspecified atom stereocenters. The number of nitrogens with zero attached hydrogens (tertiary/aromatic N) is 2. The average Bonchev–Trinajstić information content (AvgIpc) is 2.86. The number of aromatic nitrogens is 3. The molecule has 2 heterocycles. The van der Waals surface area contributed by atoms with Crippen LogP contribution in [0.3, 0.4) is 0 Å². The maximum absolute atomic E-state index is 5.70. The molecule has 2 aromatic heterocycles. The Balaban J connectivity index is 2.34. The van der Waals surface area contributed by atoms with Crippen LogP contribution in [-0.4, -0.2) is 15.0 Å². The van der Waals surface area contributed by atoms with Crippen molar-refractivity contribution in [2.45, 2.75) is 13.5 Å². The molecular weight excluding hydrogens is 224 g/mol. The lowest BCUT2D eigenvalue weighted by Crippen LogP contribution is -2.01. The van der Waals surface area contributed by atoms with E-state index < -0.39 is 0 Å². The second-order valence-electron chi connectivity index (χ2n) is 4.28. The summed E-state index contributed by atoms with van der Waals surface area (Å²) in [5.74, 6) is 0. The van der Waals surface area contributed by atoms with Gasteiger partial charge in [-0.1, -0.05) is 24.3 Å². The number of hydrogen-bond donors (Lipinski definition) is 2. The van der Waals surface area contributed by atoms with E-state index in [1.165, 1.54) is 5.56 Å². The number of H-pyrrole nitrogens is 1. The molecule has 3 aromatic rings. The van der Waals surface area contributed by atoms with E-state index in [9.17, 15) is 0 Å². The fourth-order valence-electron chi connectivity index (χ4n) is 2.13. The molecule has 0 fully saturated rings. The molecule has 90 valence electrons. The lowest BCUT2D eigenvalue weighted by molar-refractivity contribution is 0.998. The minimum Gasteiger partial charge on any atom is -0.344 e. The molecule has 0 amide bonds. The Hall–Kier alpha value is -2.20. The van der Waals surface area contributed by atoms with Crippen LogP contribution < -0.4 is 5.73 Å². The number of rotatable bonds is 2. The Labute approximate surface area is 105 Å². The SMILES string of the molecule is Cc1ccccc1-c1nc(CN)cc2[nH]cnc12. The third kappa shape index (κ3) is 1.67. The van der Waals surface area contributed by atoms with E-state index in [2.05, 4.69) is 34.0 Å². The molecular formula is C14H14N4. The molecule has 0 bridgehead atoms. The molecule has 0 saturated carbocycles. The minimum absolute atomic E-state index is 0.424. The standard InChI is InChI=1S/C14H14N4/c1-9-4-2-3-5-11(9)13-14-12(16-8-17-14)6-10(7-15)18-13/h2-6,8H,7,15H2,1H3,(H,16,17). The van der Waals surface area contributed by atoms with E-state index in [-0.39, 0.29) is 0 Å². The predicted octanol–water partition coefficient (Wildman–Crippen LogP) is 2.39. The van der Waals surface area contributed by atoms with Gasteiger partial charge >= 0.3 is 0 Å². The van der Waals surface area contributed by atoms with Gasteiger partial charge in [0.2, 0.25) is 0 Å². The van der Waals surface area contributed by atoms with E-state index in [1.54, 1.807) is 6.33 Å². The van der Waals surface area contributed by atoms with Gasteiger partial charge in [-0.3, -0.25) is 0 Å². The van der Waals surface area contributed by atoms with Crippen molar-refractivity contribution in [2.24, 2.45) is 5.73 Å².